The predicted molar refractivity (Wildman–Crippen MR) is 282 cm³/mol. The molecule has 11 rings (SSSR count). The van der Waals surface area contributed by atoms with E-state index in [9.17, 15) is 20.3 Å². The molecule has 0 radical (unpaired) electrons. The van der Waals surface area contributed by atoms with Gasteiger partial charge in [0.05, 0.1) is 42.8 Å². The largest absolute Gasteiger partial charge is 0.508 e. The maximum atomic E-state index is 16.9. The summed E-state index contributed by atoms with van der Waals surface area (Å²) >= 11 is 0. The maximum Gasteiger partial charge on any atom is 0.421 e. The van der Waals surface area contributed by atoms with Crippen molar-refractivity contribution in [1.29, 1.82) is 0 Å². The van der Waals surface area contributed by atoms with E-state index in [1.165, 1.54) is 43.5 Å². The number of nitro groups is 1. The summed E-state index contributed by atoms with van der Waals surface area (Å²) in [5.74, 6) is 3.48. The number of non-ortho nitro benzene ring substituents is 1. The normalized spacial score (nSPS) is 23.3. The quantitative estimate of drug-likeness (QED) is 0.0457. The Labute approximate surface area is 444 Å². The first kappa shape index (κ1) is 50.6. The van der Waals surface area contributed by atoms with Gasteiger partial charge in [0.1, 0.15) is 35.5 Å². The lowest BCUT2D eigenvalue weighted by Gasteiger charge is -2.46. The van der Waals surface area contributed by atoms with Crippen LogP contribution < -0.4 is 14.4 Å². The molecule has 4 heterocycles. The summed E-state index contributed by atoms with van der Waals surface area (Å²) in [7, 11) is 3.08. The number of hydrogen-bond donors (Lipinski definition) is 2. The Morgan fingerprint density at radius 2 is 1.43 bits per heavy atom. The molecule has 77 heavy (non-hydrogen) atoms. The third-order valence-electron chi connectivity index (χ3n) is 16.0. The monoisotopic (exact) mass is 1040 g/mol. The van der Waals surface area contributed by atoms with Crippen LogP contribution in [0.2, 0.25) is 0 Å². The first-order valence-electron chi connectivity index (χ1n) is 25.9. The van der Waals surface area contributed by atoms with Crippen LogP contribution in [0.3, 0.4) is 0 Å². The molecular weight excluding hydrogens is 981 g/mol. The number of phenols is 1. The van der Waals surface area contributed by atoms with Gasteiger partial charge >= 0.3 is 12.1 Å². The van der Waals surface area contributed by atoms with Crippen molar-refractivity contribution in [2.45, 2.75) is 93.3 Å². The number of aromatic hydroxyl groups is 1. The Hall–Kier alpha value is -8.52. The molecule has 16 nitrogen and oxygen atoms in total. The SMILES string of the molecule is COc1cc2c(cc1OC)CN(C(=O)C1C3C(=O)OC(c4ccccc4)C(c4ccccc4)N3C(c3ccc(O)cc3)C13C(=O)N(C(=O)OCc1ccc([N+](=O)[O-])cc1)c1ccc(C#CC4(O)CCCCCC4)cc13)CC2. The second-order valence-electron chi connectivity index (χ2n) is 20.4. The highest BCUT2D eigenvalue weighted by molar-refractivity contribution is 6.23. The number of imide groups is 1. The zero-order valence-electron chi connectivity index (χ0n) is 42.5. The van der Waals surface area contributed by atoms with Gasteiger partial charge in [-0.1, -0.05) is 97.5 Å². The number of hydrogen-bond acceptors (Lipinski definition) is 13. The van der Waals surface area contributed by atoms with E-state index in [1.54, 1.807) is 42.3 Å². The van der Waals surface area contributed by atoms with Gasteiger partial charge in [0, 0.05) is 30.8 Å². The fraction of sp³-hybridized carbons (Fsp3) is 0.311. The number of aliphatic hydroxyl groups is 1. The topological polar surface area (TPSA) is 199 Å². The van der Waals surface area contributed by atoms with Crippen LogP contribution in [0.25, 0.3) is 0 Å². The maximum absolute atomic E-state index is 16.9. The van der Waals surface area contributed by atoms with Crippen molar-refractivity contribution in [2.75, 3.05) is 25.7 Å². The Morgan fingerprint density at radius 3 is 2.08 bits per heavy atom. The second-order valence-corrected chi connectivity index (χ2v) is 20.4. The van der Waals surface area contributed by atoms with Gasteiger partial charge in [0.15, 0.2) is 11.5 Å². The number of nitrogens with zero attached hydrogens (tertiary/aromatic N) is 4. The number of esters is 1. The van der Waals surface area contributed by atoms with Gasteiger partial charge in [0.2, 0.25) is 11.8 Å². The highest BCUT2D eigenvalue weighted by Crippen LogP contribution is 2.66. The summed E-state index contributed by atoms with van der Waals surface area (Å²) in [6.07, 6.45) is 2.78. The molecule has 0 aromatic heterocycles. The first-order chi connectivity index (χ1) is 37.3. The number of nitro benzene ring substituents is 1. The highest BCUT2D eigenvalue weighted by Gasteiger charge is 2.76. The number of fused-ring (bicyclic) bond motifs is 4. The summed E-state index contributed by atoms with van der Waals surface area (Å²) in [5.41, 5.74) is 0.956. The number of benzene rings is 6. The number of anilines is 1. The van der Waals surface area contributed by atoms with Crippen LogP contribution in [-0.4, -0.2) is 81.2 Å². The number of carbonyl (C=O) groups is 4. The predicted octanol–water partition coefficient (Wildman–Crippen LogP) is 9.34. The lowest BCUT2D eigenvalue weighted by atomic mass is 9.64. The van der Waals surface area contributed by atoms with Gasteiger partial charge in [-0.2, -0.15) is 0 Å². The van der Waals surface area contributed by atoms with E-state index in [1.807, 2.05) is 77.7 Å². The van der Waals surface area contributed by atoms with Crippen molar-refractivity contribution < 1.29 is 53.3 Å². The number of rotatable bonds is 9. The van der Waals surface area contributed by atoms with Crippen molar-refractivity contribution >= 4 is 35.3 Å². The summed E-state index contributed by atoms with van der Waals surface area (Å²) in [5, 5.41) is 34.2. The number of carbonyl (C=O) groups excluding carboxylic acids is 4. The van der Waals surface area contributed by atoms with E-state index in [2.05, 4.69) is 11.8 Å². The minimum absolute atomic E-state index is 0.0631. The molecule has 6 aromatic carbocycles. The Kier molecular flexibility index (Phi) is 13.5. The van der Waals surface area contributed by atoms with Crippen LogP contribution in [0.15, 0.2) is 140 Å². The zero-order chi connectivity index (χ0) is 53.6. The lowest BCUT2D eigenvalue weighted by molar-refractivity contribution is -0.384. The molecule has 6 unspecified atom stereocenters. The van der Waals surface area contributed by atoms with Crippen LogP contribution >= 0.6 is 0 Å². The number of morpholine rings is 1. The molecule has 1 aliphatic carbocycles. The highest BCUT2D eigenvalue weighted by atomic mass is 16.6. The smallest absolute Gasteiger partial charge is 0.421 e. The molecule has 2 saturated heterocycles. The minimum Gasteiger partial charge on any atom is -0.508 e. The average Bonchev–Trinajstić information content (AvgIpc) is 3.18. The fourth-order valence-corrected chi connectivity index (χ4v) is 12.4. The molecule has 3 amide bonds. The third-order valence-corrected chi connectivity index (χ3v) is 16.0. The Balaban J connectivity index is 1.16. The van der Waals surface area contributed by atoms with Crippen LogP contribution in [0.4, 0.5) is 16.2 Å². The molecule has 1 spiro atoms. The molecule has 0 bridgehead atoms. The van der Waals surface area contributed by atoms with Gasteiger partial charge in [-0.15, -0.1) is 0 Å². The molecule has 4 aliphatic heterocycles. The van der Waals surface area contributed by atoms with Gasteiger partial charge in [-0.05, 0) is 126 Å². The molecule has 2 N–H and O–H groups in total. The van der Waals surface area contributed by atoms with Crippen molar-refractivity contribution in [2.24, 2.45) is 5.92 Å². The number of amides is 3. The summed E-state index contributed by atoms with van der Waals surface area (Å²) in [4.78, 5) is 79.7. The number of phenolic OH excluding ortho intramolecular Hbond substituents is 1. The third kappa shape index (κ3) is 8.98. The first-order valence-corrected chi connectivity index (χ1v) is 25.9. The van der Waals surface area contributed by atoms with E-state index in [4.69, 9.17) is 18.9 Å². The molecular formula is C61H56N4O12. The van der Waals surface area contributed by atoms with Crippen LogP contribution in [0.1, 0.15) is 101 Å². The van der Waals surface area contributed by atoms with Gasteiger partial charge in [-0.25, -0.2) is 9.69 Å². The number of cyclic esters (lactones) is 1. The molecule has 1 saturated carbocycles. The van der Waals surface area contributed by atoms with Gasteiger partial charge in [-0.3, -0.25) is 29.4 Å². The van der Waals surface area contributed by atoms with E-state index in [-0.39, 0.29) is 42.4 Å². The van der Waals surface area contributed by atoms with Gasteiger partial charge < -0.3 is 34.1 Å². The molecule has 392 valence electrons. The standard InChI is InChI=1S/C61H56N4O12/c1-74-49-34-43-28-32-62(36-44(43)35-50(49)75-2)56(67)51-53-57(68)77-54(41-15-9-6-10-16-41)52(40-13-7-5-8-14-40)64(53)55(42-20-24-46(66)25-21-42)61(51)47-33-38(27-31-60(71)29-11-3-4-12-30-60)19-26-48(47)63(58(61)69)59(70)76-37-39-17-22-45(23-18-39)65(72)73/h5-10,13-26,33-35,51-55,66,71H,3-4,11-12,28-30,32,36-37H2,1-2H3. The zero-order valence-corrected chi connectivity index (χ0v) is 42.5. The summed E-state index contributed by atoms with van der Waals surface area (Å²) < 4.78 is 24.0. The molecule has 16 heteroatoms. The van der Waals surface area contributed by atoms with E-state index < -0.39 is 70.0 Å². The molecule has 6 atom stereocenters. The molecule has 5 aliphatic rings. The van der Waals surface area contributed by atoms with Crippen molar-refractivity contribution in [1.82, 2.24) is 9.80 Å². The van der Waals surface area contributed by atoms with Crippen LogP contribution in [0, 0.1) is 27.9 Å². The molecule has 6 aromatic rings. The van der Waals surface area contributed by atoms with Crippen molar-refractivity contribution in [3.63, 3.8) is 0 Å². The van der Waals surface area contributed by atoms with E-state index >= 15 is 19.2 Å². The summed E-state index contributed by atoms with van der Waals surface area (Å²) in [6.45, 7) is -0.139. The second kappa shape index (κ2) is 20.5. The minimum atomic E-state index is -2.16. The lowest BCUT2D eigenvalue weighted by Crippen LogP contribution is -2.57. The number of ether oxygens (including phenoxy) is 4. The van der Waals surface area contributed by atoms with E-state index in [0.29, 0.717) is 58.6 Å². The average molecular weight is 1040 g/mol. The van der Waals surface area contributed by atoms with E-state index in [0.717, 1.165) is 41.7 Å². The summed E-state index contributed by atoms with van der Waals surface area (Å²) in [6, 6.07) is 35.5. The Morgan fingerprint density at radius 1 is 0.779 bits per heavy atom. The van der Waals surface area contributed by atoms with Crippen molar-refractivity contribution in [3.8, 4) is 29.1 Å². The Bertz CT molecular complexity index is 3330. The van der Waals surface area contributed by atoms with Crippen LogP contribution in [-0.2, 0) is 48.8 Å². The molecule has 3 fully saturated rings. The van der Waals surface area contributed by atoms with Crippen LogP contribution in [0.5, 0.6) is 17.2 Å². The van der Waals surface area contributed by atoms with Crippen molar-refractivity contribution in [3.05, 3.63) is 194 Å². The van der Waals surface area contributed by atoms with Gasteiger partial charge in [0.25, 0.3) is 5.69 Å². The fourth-order valence-electron chi connectivity index (χ4n) is 12.4. The number of methoxy groups -OCH3 is 2.